The Morgan fingerprint density at radius 3 is 2.61 bits per heavy atom. The fourth-order valence-corrected chi connectivity index (χ4v) is 5.10. The van der Waals surface area contributed by atoms with Crippen molar-refractivity contribution in [3.63, 3.8) is 0 Å². The number of amides is 1. The fraction of sp³-hybridized carbons (Fsp3) is 0.240. The Morgan fingerprint density at radius 1 is 1.09 bits per heavy atom. The average molecular weight is 485 g/mol. The van der Waals surface area contributed by atoms with Gasteiger partial charge in [0.25, 0.3) is 15.9 Å². The lowest BCUT2D eigenvalue weighted by atomic mass is 9.88. The summed E-state index contributed by atoms with van der Waals surface area (Å²) in [5.41, 5.74) is 3.67. The summed E-state index contributed by atoms with van der Waals surface area (Å²) in [6.07, 6.45) is 2.95. The number of hydrogen-bond acceptors (Lipinski definition) is 4. The van der Waals surface area contributed by atoms with Crippen molar-refractivity contribution >= 4 is 33.2 Å². The number of hydrogen-bond donors (Lipinski definition) is 2. The highest BCUT2D eigenvalue weighted by Crippen LogP contribution is 2.29. The van der Waals surface area contributed by atoms with E-state index in [0.29, 0.717) is 16.5 Å². The van der Waals surface area contributed by atoms with Crippen molar-refractivity contribution in [1.82, 2.24) is 5.32 Å². The van der Waals surface area contributed by atoms with Gasteiger partial charge in [-0.25, -0.2) is 8.42 Å². The van der Waals surface area contributed by atoms with Gasteiger partial charge in [0.05, 0.1) is 16.6 Å². The first-order valence-corrected chi connectivity index (χ1v) is 12.6. The lowest BCUT2D eigenvalue weighted by molar-refractivity contribution is -0.124. The van der Waals surface area contributed by atoms with Crippen LogP contribution in [0.15, 0.2) is 71.6 Å². The van der Waals surface area contributed by atoms with Crippen LogP contribution < -0.4 is 14.8 Å². The smallest absolute Gasteiger partial charge is 0.261 e. The first-order chi connectivity index (χ1) is 15.8. The van der Waals surface area contributed by atoms with Gasteiger partial charge < -0.3 is 10.1 Å². The number of carbonyl (C=O) groups excluding carboxylic acids is 1. The molecule has 0 spiro atoms. The van der Waals surface area contributed by atoms with Crippen LogP contribution in [0.1, 0.15) is 35.6 Å². The lowest BCUT2D eigenvalue weighted by Gasteiger charge is -2.26. The molecule has 0 heterocycles. The molecule has 0 aliphatic heterocycles. The Morgan fingerprint density at radius 2 is 1.85 bits per heavy atom. The van der Waals surface area contributed by atoms with Crippen molar-refractivity contribution < 1.29 is 17.9 Å². The van der Waals surface area contributed by atoms with Crippen LogP contribution in [0.2, 0.25) is 5.02 Å². The topological polar surface area (TPSA) is 84.5 Å². The summed E-state index contributed by atoms with van der Waals surface area (Å²) in [7, 11) is -3.78. The fourth-order valence-electron chi connectivity index (χ4n) is 3.87. The molecule has 4 rings (SSSR count). The number of sulfonamides is 1. The summed E-state index contributed by atoms with van der Waals surface area (Å²) in [6.45, 7) is 1.69. The molecule has 0 saturated heterocycles. The number of ether oxygens (including phenoxy) is 1. The molecular formula is C25H25ClN2O4S. The van der Waals surface area contributed by atoms with Gasteiger partial charge in [-0.15, -0.1) is 0 Å². The van der Waals surface area contributed by atoms with Crippen LogP contribution in [0.5, 0.6) is 5.75 Å². The number of halogens is 1. The molecule has 3 aromatic carbocycles. The largest absolute Gasteiger partial charge is 0.484 e. The highest BCUT2D eigenvalue weighted by atomic mass is 35.5. The third-order valence-electron chi connectivity index (χ3n) is 5.63. The predicted molar refractivity (Wildman–Crippen MR) is 129 cm³/mol. The molecule has 1 atom stereocenters. The normalized spacial score (nSPS) is 15.4. The molecule has 1 aliphatic rings. The van der Waals surface area contributed by atoms with Crippen LogP contribution in [0.3, 0.4) is 0 Å². The Labute approximate surface area is 199 Å². The van der Waals surface area contributed by atoms with Gasteiger partial charge in [-0.1, -0.05) is 41.9 Å². The summed E-state index contributed by atoms with van der Waals surface area (Å²) in [5, 5.41) is 3.52. The van der Waals surface area contributed by atoms with Crippen LogP contribution in [-0.2, 0) is 21.2 Å². The molecule has 1 aliphatic carbocycles. The summed E-state index contributed by atoms with van der Waals surface area (Å²) in [4.78, 5) is 12.5. The number of fused-ring (bicyclic) bond motifs is 1. The predicted octanol–water partition coefficient (Wildman–Crippen LogP) is 5.02. The molecule has 0 saturated carbocycles. The number of anilines is 1. The van der Waals surface area contributed by atoms with Gasteiger partial charge in [0.15, 0.2) is 6.61 Å². The Balaban J connectivity index is 1.34. The standard InChI is InChI=1S/C25H25ClN2O4S/c1-17-9-10-19(15-23(17)26)28-33(30,31)21-13-11-20(12-14-21)32-16-25(29)27-24-8-4-6-18-5-2-3-7-22(18)24/h2-3,5,7,9-15,24,28H,4,6,8,16H2,1H3,(H,27,29)/t24-/m1/s1. The average Bonchev–Trinajstić information content (AvgIpc) is 2.80. The summed E-state index contributed by atoms with van der Waals surface area (Å²) < 4.78 is 33.4. The van der Waals surface area contributed by atoms with E-state index in [9.17, 15) is 13.2 Å². The summed E-state index contributed by atoms with van der Waals surface area (Å²) >= 11 is 6.07. The Kier molecular flexibility index (Phi) is 6.91. The van der Waals surface area contributed by atoms with E-state index in [2.05, 4.69) is 22.2 Å². The van der Waals surface area contributed by atoms with E-state index in [1.165, 1.54) is 29.8 Å². The van der Waals surface area contributed by atoms with Crippen molar-refractivity contribution in [2.45, 2.75) is 37.1 Å². The second kappa shape index (κ2) is 9.85. The number of benzene rings is 3. The van der Waals surface area contributed by atoms with E-state index >= 15 is 0 Å². The minimum absolute atomic E-state index is 0.0140. The molecule has 8 heteroatoms. The van der Waals surface area contributed by atoms with Gasteiger partial charge in [0, 0.05) is 5.02 Å². The van der Waals surface area contributed by atoms with Gasteiger partial charge >= 0.3 is 0 Å². The molecule has 33 heavy (non-hydrogen) atoms. The number of rotatable bonds is 7. The monoisotopic (exact) mass is 484 g/mol. The molecule has 6 nitrogen and oxygen atoms in total. The second-order valence-corrected chi connectivity index (χ2v) is 10.1. The number of nitrogens with one attached hydrogen (secondary N) is 2. The van der Waals surface area contributed by atoms with Crippen LogP contribution in [0, 0.1) is 6.92 Å². The molecule has 0 radical (unpaired) electrons. The van der Waals surface area contributed by atoms with E-state index in [4.69, 9.17) is 16.3 Å². The zero-order valence-electron chi connectivity index (χ0n) is 18.2. The van der Waals surface area contributed by atoms with Crippen molar-refractivity contribution in [3.8, 4) is 5.75 Å². The Bertz CT molecular complexity index is 1260. The summed E-state index contributed by atoms with van der Waals surface area (Å²) in [6, 6.07) is 19.0. The Hall–Kier alpha value is -3.03. The van der Waals surface area contributed by atoms with Crippen molar-refractivity contribution in [2.24, 2.45) is 0 Å². The van der Waals surface area contributed by atoms with E-state index < -0.39 is 10.0 Å². The maximum Gasteiger partial charge on any atom is 0.261 e. The van der Waals surface area contributed by atoms with E-state index in [1.54, 1.807) is 18.2 Å². The highest BCUT2D eigenvalue weighted by Gasteiger charge is 2.21. The van der Waals surface area contributed by atoms with E-state index in [1.807, 2.05) is 19.1 Å². The van der Waals surface area contributed by atoms with E-state index in [-0.39, 0.29) is 23.5 Å². The number of aryl methyl sites for hydroxylation is 2. The van der Waals surface area contributed by atoms with Gasteiger partial charge in [-0.2, -0.15) is 0 Å². The number of carbonyl (C=O) groups is 1. The zero-order chi connectivity index (χ0) is 23.4. The lowest BCUT2D eigenvalue weighted by Crippen LogP contribution is -2.34. The van der Waals surface area contributed by atoms with Gasteiger partial charge in [0.1, 0.15) is 5.75 Å². The molecule has 172 valence electrons. The molecular weight excluding hydrogens is 460 g/mol. The third-order valence-corrected chi connectivity index (χ3v) is 7.44. The molecule has 2 N–H and O–H groups in total. The zero-order valence-corrected chi connectivity index (χ0v) is 19.7. The molecule has 1 amide bonds. The van der Waals surface area contributed by atoms with Crippen molar-refractivity contribution in [2.75, 3.05) is 11.3 Å². The van der Waals surface area contributed by atoms with Gasteiger partial charge in [-0.3, -0.25) is 9.52 Å². The van der Waals surface area contributed by atoms with Gasteiger partial charge in [0.2, 0.25) is 0 Å². The SMILES string of the molecule is Cc1ccc(NS(=O)(=O)c2ccc(OCC(=O)N[C@@H]3CCCc4ccccc43)cc2)cc1Cl. The van der Waals surface area contributed by atoms with Crippen molar-refractivity contribution in [3.05, 3.63) is 88.4 Å². The van der Waals surface area contributed by atoms with Crippen molar-refractivity contribution in [1.29, 1.82) is 0 Å². The molecule has 0 aromatic heterocycles. The van der Waals surface area contributed by atoms with Crippen LogP contribution in [-0.4, -0.2) is 20.9 Å². The third kappa shape index (κ3) is 5.67. The van der Waals surface area contributed by atoms with Crippen LogP contribution in [0.25, 0.3) is 0 Å². The van der Waals surface area contributed by atoms with Crippen LogP contribution >= 0.6 is 11.6 Å². The van der Waals surface area contributed by atoms with Crippen LogP contribution in [0.4, 0.5) is 5.69 Å². The highest BCUT2D eigenvalue weighted by molar-refractivity contribution is 7.92. The van der Waals surface area contributed by atoms with E-state index in [0.717, 1.165) is 30.4 Å². The first kappa shape index (κ1) is 23.1. The quantitative estimate of drug-likeness (QED) is 0.493. The molecule has 3 aromatic rings. The molecule has 0 unspecified atom stereocenters. The maximum atomic E-state index is 12.6. The minimum Gasteiger partial charge on any atom is -0.484 e. The second-order valence-electron chi connectivity index (χ2n) is 8.04. The first-order valence-electron chi connectivity index (χ1n) is 10.7. The molecule has 0 bridgehead atoms. The minimum atomic E-state index is -3.78. The molecule has 0 fully saturated rings. The maximum absolute atomic E-state index is 12.6. The van der Waals surface area contributed by atoms with Gasteiger partial charge in [-0.05, 0) is 79.3 Å². The summed E-state index contributed by atoms with van der Waals surface area (Å²) in [5.74, 6) is 0.192.